The first-order valence-corrected chi connectivity index (χ1v) is 8.40. The van der Waals surface area contributed by atoms with Gasteiger partial charge in [-0.1, -0.05) is 0 Å². The van der Waals surface area contributed by atoms with Crippen molar-refractivity contribution in [2.45, 2.75) is 20.3 Å². The third-order valence-corrected chi connectivity index (χ3v) is 4.41. The van der Waals surface area contributed by atoms with Gasteiger partial charge < -0.3 is 14.5 Å². The lowest BCUT2D eigenvalue weighted by molar-refractivity contribution is -0.115. The van der Waals surface area contributed by atoms with Crippen LogP contribution in [0.5, 0.6) is 5.75 Å². The van der Waals surface area contributed by atoms with Gasteiger partial charge in [0.1, 0.15) is 11.3 Å². The molecule has 1 heterocycles. The molecule has 0 aliphatic heterocycles. The third kappa shape index (κ3) is 3.89. The highest BCUT2D eigenvalue weighted by Crippen LogP contribution is 2.24. The van der Waals surface area contributed by atoms with Crippen LogP contribution in [0.3, 0.4) is 0 Å². The van der Waals surface area contributed by atoms with Crippen molar-refractivity contribution >= 4 is 28.3 Å². The van der Waals surface area contributed by atoms with E-state index >= 15 is 0 Å². The van der Waals surface area contributed by atoms with E-state index < -0.39 is 5.63 Å². The van der Waals surface area contributed by atoms with E-state index in [0.717, 1.165) is 5.39 Å². The molecule has 1 N–H and O–H groups in total. The Bertz CT molecular complexity index is 1080. The molecule has 0 aliphatic carbocycles. The van der Waals surface area contributed by atoms with Crippen LogP contribution in [-0.2, 0) is 11.2 Å². The summed E-state index contributed by atoms with van der Waals surface area (Å²) >= 11 is 0. The number of carbonyl (C=O) groups excluding carboxylic acids is 2. The molecule has 1 amide bonds. The Labute approximate surface area is 155 Å². The fourth-order valence-electron chi connectivity index (χ4n) is 2.86. The quantitative estimate of drug-likeness (QED) is 0.552. The highest BCUT2D eigenvalue weighted by molar-refractivity contribution is 5.96. The summed E-state index contributed by atoms with van der Waals surface area (Å²) < 4.78 is 10.5. The first kappa shape index (κ1) is 18.4. The van der Waals surface area contributed by atoms with E-state index in [4.69, 9.17) is 9.15 Å². The molecule has 0 saturated heterocycles. The third-order valence-electron chi connectivity index (χ3n) is 4.41. The zero-order chi connectivity index (χ0) is 19.6. The van der Waals surface area contributed by atoms with Crippen molar-refractivity contribution in [3.8, 4) is 5.75 Å². The van der Waals surface area contributed by atoms with Crippen LogP contribution in [-0.4, -0.2) is 18.8 Å². The van der Waals surface area contributed by atoms with Gasteiger partial charge in [-0.15, -0.1) is 0 Å². The number of nitrogens with one attached hydrogen (secondary N) is 1. The van der Waals surface area contributed by atoms with Crippen molar-refractivity contribution in [1.82, 2.24) is 0 Å². The Morgan fingerprint density at radius 3 is 2.44 bits per heavy atom. The summed E-state index contributed by atoms with van der Waals surface area (Å²) in [6, 6.07) is 11.8. The number of ketones is 1. The Kier molecular flexibility index (Phi) is 5.07. The molecule has 0 bridgehead atoms. The van der Waals surface area contributed by atoms with Crippen molar-refractivity contribution in [2.24, 2.45) is 0 Å². The van der Waals surface area contributed by atoms with E-state index in [0.29, 0.717) is 33.7 Å². The molecule has 1 aromatic heterocycles. The molecule has 0 spiro atoms. The number of hydrogen-bond donors (Lipinski definition) is 1. The van der Waals surface area contributed by atoms with E-state index in [-0.39, 0.29) is 18.1 Å². The molecular formula is C21H19NO5. The minimum Gasteiger partial charge on any atom is -0.497 e. The number of benzene rings is 2. The summed E-state index contributed by atoms with van der Waals surface area (Å²) in [5.41, 5.74) is 2.00. The molecule has 138 valence electrons. The first-order chi connectivity index (χ1) is 12.9. The number of rotatable bonds is 5. The van der Waals surface area contributed by atoms with Gasteiger partial charge in [-0.2, -0.15) is 0 Å². The fraction of sp³-hybridized carbons (Fsp3) is 0.190. The van der Waals surface area contributed by atoms with E-state index in [1.807, 2.05) is 0 Å². The van der Waals surface area contributed by atoms with Crippen molar-refractivity contribution in [3.05, 3.63) is 69.6 Å². The second-order valence-electron chi connectivity index (χ2n) is 6.21. The molecule has 0 aliphatic rings. The van der Waals surface area contributed by atoms with Gasteiger partial charge in [0.2, 0.25) is 5.91 Å². The maximum Gasteiger partial charge on any atom is 0.340 e. The highest BCUT2D eigenvalue weighted by Gasteiger charge is 2.15. The lowest BCUT2D eigenvalue weighted by Crippen LogP contribution is -2.20. The van der Waals surface area contributed by atoms with Crippen molar-refractivity contribution in [1.29, 1.82) is 0 Å². The highest BCUT2D eigenvalue weighted by atomic mass is 16.5. The molecule has 0 saturated carbocycles. The summed E-state index contributed by atoms with van der Waals surface area (Å²) in [7, 11) is 1.54. The number of anilines is 1. The van der Waals surface area contributed by atoms with Gasteiger partial charge in [0.15, 0.2) is 5.78 Å². The van der Waals surface area contributed by atoms with Gasteiger partial charge in [0.25, 0.3) is 0 Å². The van der Waals surface area contributed by atoms with E-state index in [2.05, 4.69) is 5.32 Å². The van der Waals surface area contributed by atoms with Gasteiger partial charge in [-0.05, 0) is 55.8 Å². The largest absolute Gasteiger partial charge is 0.497 e. The Balaban J connectivity index is 1.84. The molecular weight excluding hydrogens is 346 g/mol. The zero-order valence-electron chi connectivity index (χ0n) is 15.3. The number of fused-ring (bicyclic) bond motifs is 1. The van der Waals surface area contributed by atoms with Crippen molar-refractivity contribution in [3.63, 3.8) is 0 Å². The van der Waals surface area contributed by atoms with Crippen LogP contribution in [0, 0.1) is 6.92 Å². The van der Waals surface area contributed by atoms with Gasteiger partial charge in [0.05, 0.1) is 19.1 Å². The maximum atomic E-state index is 12.4. The molecule has 0 atom stereocenters. The summed E-state index contributed by atoms with van der Waals surface area (Å²) in [5.74, 6) is 0.201. The number of amides is 1. The topological polar surface area (TPSA) is 85.6 Å². The van der Waals surface area contributed by atoms with Crippen LogP contribution in [0.1, 0.15) is 28.4 Å². The fourth-order valence-corrected chi connectivity index (χ4v) is 2.86. The molecule has 2 aromatic carbocycles. The lowest BCUT2D eigenvalue weighted by atomic mass is 10.0. The van der Waals surface area contributed by atoms with Crippen LogP contribution in [0.25, 0.3) is 11.0 Å². The predicted molar refractivity (Wildman–Crippen MR) is 103 cm³/mol. The van der Waals surface area contributed by atoms with Crippen LogP contribution < -0.4 is 15.7 Å². The minimum atomic E-state index is -0.546. The summed E-state index contributed by atoms with van der Waals surface area (Å²) in [5, 5.41) is 3.48. The predicted octanol–water partition coefficient (Wildman–Crippen LogP) is 3.49. The Hall–Kier alpha value is -3.41. The van der Waals surface area contributed by atoms with E-state index in [1.165, 1.54) is 14.0 Å². The second kappa shape index (κ2) is 7.45. The SMILES string of the molecule is COc1ccc2c(C)c(CC(=O)Nc3ccc(C(C)=O)cc3)c(=O)oc2c1. The standard InChI is InChI=1S/C21H19NO5/c1-12-17-9-8-16(26-3)10-19(17)27-21(25)18(12)11-20(24)22-15-6-4-14(5-7-15)13(2)23/h4-10H,11H2,1-3H3,(H,22,24). The lowest BCUT2D eigenvalue weighted by Gasteiger charge is -2.09. The van der Waals surface area contributed by atoms with Gasteiger partial charge in [-0.25, -0.2) is 4.79 Å². The molecule has 6 heteroatoms. The summed E-state index contributed by atoms with van der Waals surface area (Å²) in [6.45, 7) is 3.26. The number of Topliss-reactive ketones (excluding diaryl/α,β-unsaturated/α-hetero) is 1. The van der Waals surface area contributed by atoms with Gasteiger partial charge in [0, 0.05) is 22.7 Å². The number of aryl methyl sites for hydroxylation is 1. The monoisotopic (exact) mass is 365 g/mol. The second-order valence-corrected chi connectivity index (χ2v) is 6.21. The molecule has 3 rings (SSSR count). The van der Waals surface area contributed by atoms with E-state index in [9.17, 15) is 14.4 Å². The zero-order valence-corrected chi connectivity index (χ0v) is 15.3. The average Bonchev–Trinajstić information content (AvgIpc) is 2.65. The normalized spacial score (nSPS) is 10.6. The van der Waals surface area contributed by atoms with Crippen LogP contribution in [0.15, 0.2) is 51.7 Å². The average molecular weight is 365 g/mol. The first-order valence-electron chi connectivity index (χ1n) is 8.40. The van der Waals surface area contributed by atoms with E-state index in [1.54, 1.807) is 49.4 Å². The van der Waals surface area contributed by atoms with Crippen LogP contribution >= 0.6 is 0 Å². The Morgan fingerprint density at radius 2 is 1.81 bits per heavy atom. The number of carbonyl (C=O) groups is 2. The van der Waals surface area contributed by atoms with Gasteiger partial charge >= 0.3 is 5.63 Å². The summed E-state index contributed by atoms with van der Waals surface area (Å²) in [6.07, 6.45) is -0.107. The van der Waals surface area contributed by atoms with Crippen LogP contribution in [0.4, 0.5) is 5.69 Å². The van der Waals surface area contributed by atoms with Gasteiger partial charge in [-0.3, -0.25) is 9.59 Å². The molecule has 3 aromatic rings. The molecule has 27 heavy (non-hydrogen) atoms. The summed E-state index contributed by atoms with van der Waals surface area (Å²) in [4.78, 5) is 36.0. The minimum absolute atomic E-state index is 0.0473. The van der Waals surface area contributed by atoms with Crippen molar-refractivity contribution < 1.29 is 18.7 Å². The number of ether oxygens (including phenoxy) is 1. The smallest absolute Gasteiger partial charge is 0.340 e. The maximum absolute atomic E-state index is 12.4. The number of methoxy groups -OCH3 is 1. The van der Waals surface area contributed by atoms with Crippen molar-refractivity contribution in [2.75, 3.05) is 12.4 Å². The van der Waals surface area contributed by atoms with Crippen LogP contribution in [0.2, 0.25) is 0 Å². The number of hydrogen-bond acceptors (Lipinski definition) is 5. The Morgan fingerprint density at radius 1 is 1.11 bits per heavy atom. The molecule has 6 nitrogen and oxygen atoms in total. The molecule has 0 unspecified atom stereocenters. The molecule has 0 radical (unpaired) electrons. The molecule has 0 fully saturated rings.